The number of hydrogen-bond donors (Lipinski definition) is 1. The SMILES string of the molecule is Cc1nn(C)c2ncc(C(=O)Nc3ccc(S(=O)(=O)N4CCCC(C)C4)cc3)cc12. The Morgan fingerprint density at radius 2 is 1.97 bits per heavy atom. The van der Waals surface area contributed by atoms with Crippen molar-refractivity contribution in [3.05, 3.63) is 47.8 Å². The Morgan fingerprint density at radius 1 is 1.23 bits per heavy atom. The Balaban J connectivity index is 1.51. The second kappa shape index (κ2) is 7.81. The van der Waals surface area contributed by atoms with Crippen LogP contribution in [0.1, 0.15) is 35.8 Å². The summed E-state index contributed by atoms with van der Waals surface area (Å²) in [6.07, 6.45) is 3.44. The number of piperidine rings is 1. The van der Waals surface area contributed by atoms with Crippen molar-refractivity contribution in [2.75, 3.05) is 18.4 Å². The van der Waals surface area contributed by atoms with Crippen LogP contribution in [0.3, 0.4) is 0 Å². The molecule has 1 aliphatic rings. The van der Waals surface area contributed by atoms with Gasteiger partial charge in [-0.15, -0.1) is 0 Å². The molecule has 0 radical (unpaired) electrons. The van der Waals surface area contributed by atoms with E-state index in [9.17, 15) is 13.2 Å². The number of nitrogens with one attached hydrogen (secondary N) is 1. The average Bonchev–Trinajstić information content (AvgIpc) is 3.01. The van der Waals surface area contributed by atoms with Gasteiger partial charge in [0, 0.05) is 37.4 Å². The van der Waals surface area contributed by atoms with E-state index in [0.717, 1.165) is 23.9 Å². The van der Waals surface area contributed by atoms with E-state index in [4.69, 9.17) is 0 Å². The third kappa shape index (κ3) is 3.82. The lowest BCUT2D eigenvalue weighted by Crippen LogP contribution is -2.39. The Hall–Kier alpha value is -2.78. The average molecular weight is 428 g/mol. The Bertz CT molecular complexity index is 1200. The number of nitrogens with zero attached hydrogens (tertiary/aromatic N) is 4. The van der Waals surface area contributed by atoms with Gasteiger partial charge in [0.25, 0.3) is 5.91 Å². The predicted molar refractivity (Wildman–Crippen MR) is 115 cm³/mol. The summed E-state index contributed by atoms with van der Waals surface area (Å²) in [5.41, 5.74) is 2.45. The summed E-state index contributed by atoms with van der Waals surface area (Å²) in [4.78, 5) is 17.2. The van der Waals surface area contributed by atoms with Crippen molar-refractivity contribution in [2.45, 2.75) is 31.6 Å². The summed E-state index contributed by atoms with van der Waals surface area (Å²) in [5.74, 6) is 0.0506. The topological polar surface area (TPSA) is 97.2 Å². The molecule has 4 rings (SSSR count). The first-order valence-electron chi connectivity index (χ1n) is 9.96. The number of hydrogen-bond acceptors (Lipinski definition) is 5. The number of carbonyl (C=O) groups is 1. The first-order chi connectivity index (χ1) is 14.3. The fraction of sp³-hybridized carbons (Fsp3) is 0.381. The third-order valence-corrected chi connectivity index (χ3v) is 7.37. The van der Waals surface area contributed by atoms with Gasteiger partial charge in [-0.25, -0.2) is 13.4 Å². The number of sulfonamides is 1. The van der Waals surface area contributed by atoms with Crippen molar-refractivity contribution >= 4 is 32.7 Å². The molecule has 158 valence electrons. The minimum atomic E-state index is -3.52. The highest BCUT2D eigenvalue weighted by Gasteiger charge is 2.28. The van der Waals surface area contributed by atoms with Gasteiger partial charge in [-0.05, 0) is 56.0 Å². The van der Waals surface area contributed by atoms with Crippen LogP contribution in [0.5, 0.6) is 0 Å². The maximum Gasteiger partial charge on any atom is 0.257 e. The predicted octanol–water partition coefficient (Wildman–Crippen LogP) is 2.95. The van der Waals surface area contributed by atoms with Crippen molar-refractivity contribution in [2.24, 2.45) is 13.0 Å². The zero-order chi connectivity index (χ0) is 21.5. The number of rotatable bonds is 4. The van der Waals surface area contributed by atoms with Crippen molar-refractivity contribution in [3.63, 3.8) is 0 Å². The molecule has 0 saturated carbocycles. The minimum absolute atomic E-state index is 0.240. The van der Waals surface area contributed by atoms with E-state index in [1.165, 1.54) is 18.3 Å². The lowest BCUT2D eigenvalue weighted by atomic mass is 10.0. The smallest absolute Gasteiger partial charge is 0.257 e. The van der Waals surface area contributed by atoms with E-state index in [0.29, 0.717) is 35.9 Å². The van der Waals surface area contributed by atoms with Gasteiger partial charge in [0.2, 0.25) is 10.0 Å². The van der Waals surface area contributed by atoms with Crippen LogP contribution in [0.15, 0.2) is 41.4 Å². The van der Waals surface area contributed by atoms with Crippen molar-refractivity contribution in [3.8, 4) is 0 Å². The number of carbonyl (C=O) groups excluding carboxylic acids is 1. The highest BCUT2D eigenvalue weighted by molar-refractivity contribution is 7.89. The van der Waals surface area contributed by atoms with Crippen LogP contribution in [0, 0.1) is 12.8 Å². The molecule has 0 bridgehead atoms. The van der Waals surface area contributed by atoms with E-state index >= 15 is 0 Å². The van der Waals surface area contributed by atoms with Crippen LogP contribution < -0.4 is 5.32 Å². The molecule has 1 unspecified atom stereocenters. The fourth-order valence-electron chi connectivity index (χ4n) is 3.86. The van der Waals surface area contributed by atoms with Gasteiger partial charge in [-0.1, -0.05) is 6.92 Å². The first-order valence-corrected chi connectivity index (χ1v) is 11.4. The molecule has 2 aromatic heterocycles. The number of amides is 1. The standard InChI is InChI=1S/C21H25N5O3S/c1-14-5-4-10-26(13-14)30(28,29)18-8-6-17(7-9-18)23-21(27)16-11-19-15(2)24-25(3)20(19)22-12-16/h6-9,11-12,14H,4-5,10,13H2,1-3H3,(H,23,27). The molecule has 1 amide bonds. The second-order valence-electron chi connectivity index (χ2n) is 7.89. The molecule has 30 heavy (non-hydrogen) atoms. The molecule has 1 aliphatic heterocycles. The van der Waals surface area contributed by atoms with Crippen LogP contribution in [0.25, 0.3) is 11.0 Å². The van der Waals surface area contributed by atoms with Gasteiger partial charge in [0.1, 0.15) is 0 Å². The largest absolute Gasteiger partial charge is 0.322 e. The Morgan fingerprint density at radius 3 is 2.67 bits per heavy atom. The number of benzene rings is 1. The molecule has 1 fully saturated rings. The molecule has 1 aromatic carbocycles. The molecule has 1 saturated heterocycles. The lowest BCUT2D eigenvalue weighted by molar-refractivity contribution is 0.102. The number of anilines is 1. The van der Waals surface area contributed by atoms with Gasteiger partial charge in [-0.3, -0.25) is 9.48 Å². The normalized spacial score (nSPS) is 17.9. The molecule has 3 heterocycles. The molecular weight excluding hydrogens is 402 g/mol. The van der Waals surface area contributed by atoms with Gasteiger partial charge in [0.15, 0.2) is 5.65 Å². The molecule has 3 aromatic rings. The Labute approximate surface area is 176 Å². The molecule has 0 spiro atoms. The monoisotopic (exact) mass is 427 g/mol. The molecule has 8 nitrogen and oxygen atoms in total. The van der Waals surface area contributed by atoms with Crippen LogP contribution in [-0.4, -0.2) is 46.5 Å². The van der Waals surface area contributed by atoms with Crippen molar-refractivity contribution < 1.29 is 13.2 Å². The van der Waals surface area contributed by atoms with Gasteiger partial charge < -0.3 is 5.32 Å². The van der Waals surface area contributed by atoms with Crippen LogP contribution in [-0.2, 0) is 17.1 Å². The highest BCUT2D eigenvalue weighted by Crippen LogP contribution is 2.24. The third-order valence-electron chi connectivity index (χ3n) is 5.49. The summed E-state index contributed by atoms with van der Waals surface area (Å²) in [6.45, 7) is 5.03. The van der Waals surface area contributed by atoms with Crippen LogP contribution in [0.4, 0.5) is 5.69 Å². The number of fused-ring (bicyclic) bond motifs is 1. The quantitative estimate of drug-likeness (QED) is 0.690. The molecule has 1 N–H and O–H groups in total. The summed E-state index contributed by atoms with van der Waals surface area (Å²) >= 11 is 0. The van der Waals surface area contributed by atoms with Crippen molar-refractivity contribution in [1.82, 2.24) is 19.1 Å². The van der Waals surface area contributed by atoms with Gasteiger partial charge in [-0.2, -0.15) is 9.40 Å². The fourth-order valence-corrected chi connectivity index (χ4v) is 5.46. The summed E-state index contributed by atoms with van der Waals surface area (Å²) < 4.78 is 29.0. The lowest BCUT2D eigenvalue weighted by Gasteiger charge is -2.30. The molecular formula is C21H25N5O3S. The van der Waals surface area contributed by atoms with Crippen LogP contribution in [0.2, 0.25) is 0 Å². The first kappa shape index (κ1) is 20.5. The van der Waals surface area contributed by atoms with Crippen molar-refractivity contribution in [1.29, 1.82) is 0 Å². The molecule has 9 heteroatoms. The Kier molecular flexibility index (Phi) is 5.33. The van der Waals surface area contributed by atoms with Gasteiger partial charge in [0.05, 0.1) is 16.2 Å². The number of pyridine rings is 1. The second-order valence-corrected chi connectivity index (χ2v) is 9.83. The zero-order valence-electron chi connectivity index (χ0n) is 17.3. The van der Waals surface area contributed by atoms with Crippen LogP contribution >= 0.6 is 0 Å². The van der Waals surface area contributed by atoms with E-state index in [-0.39, 0.29) is 10.8 Å². The zero-order valence-corrected chi connectivity index (χ0v) is 18.1. The van der Waals surface area contributed by atoms with E-state index in [1.54, 1.807) is 27.2 Å². The van der Waals surface area contributed by atoms with E-state index in [1.807, 2.05) is 14.0 Å². The van der Waals surface area contributed by atoms with E-state index in [2.05, 4.69) is 22.3 Å². The highest BCUT2D eigenvalue weighted by atomic mass is 32.2. The minimum Gasteiger partial charge on any atom is -0.322 e. The maximum absolute atomic E-state index is 12.9. The number of aryl methyl sites for hydroxylation is 2. The maximum atomic E-state index is 12.9. The summed E-state index contributed by atoms with van der Waals surface area (Å²) in [5, 5.41) is 7.93. The number of aromatic nitrogens is 3. The summed E-state index contributed by atoms with van der Waals surface area (Å²) in [7, 11) is -1.71. The van der Waals surface area contributed by atoms with Gasteiger partial charge >= 0.3 is 0 Å². The molecule has 1 atom stereocenters. The molecule has 0 aliphatic carbocycles. The van der Waals surface area contributed by atoms with E-state index < -0.39 is 10.0 Å². The summed E-state index contributed by atoms with van der Waals surface area (Å²) in [6, 6.07) is 8.06.